The number of nitrogens with zero attached hydrogens (tertiary/aromatic N) is 2. The number of carbonyl (C=O) groups excluding carboxylic acids is 2. The van der Waals surface area contributed by atoms with Crippen molar-refractivity contribution in [3.05, 3.63) is 41.0 Å². The molecule has 1 heterocycles. The second-order valence-electron chi connectivity index (χ2n) is 5.34. The Morgan fingerprint density at radius 1 is 1.12 bits per heavy atom. The van der Waals surface area contributed by atoms with Crippen LogP contribution >= 0.6 is 0 Å². The van der Waals surface area contributed by atoms with Gasteiger partial charge in [0.1, 0.15) is 0 Å². The highest BCUT2D eigenvalue weighted by Crippen LogP contribution is 2.18. The summed E-state index contributed by atoms with van der Waals surface area (Å²) in [4.78, 5) is 27.7. The Kier molecular flexibility index (Phi) is 5.51. The van der Waals surface area contributed by atoms with Crippen LogP contribution in [0.1, 0.15) is 52.2 Å². The van der Waals surface area contributed by atoms with Crippen molar-refractivity contribution in [2.24, 2.45) is 0 Å². The zero-order valence-electron chi connectivity index (χ0n) is 14.0. The van der Waals surface area contributed by atoms with Crippen molar-refractivity contribution in [1.29, 1.82) is 0 Å². The van der Waals surface area contributed by atoms with Crippen LogP contribution in [0.3, 0.4) is 0 Å². The Hall–Kier alpha value is -2.90. The van der Waals surface area contributed by atoms with Crippen LogP contribution in [-0.4, -0.2) is 36.3 Å². The molecule has 1 aromatic carbocycles. The Bertz CT molecular complexity index is 705. The minimum atomic E-state index is -0.552. The third kappa shape index (κ3) is 4.09. The first kappa shape index (κ1) is 17.5. The van der Waals surface area contributed by atoms with Gasteiger partial charge in [0.05, 0.1) is 31.9 Å². The third-order valence-corrected chi connectivity index (χ3v) is 3.22. The lowest BCUT2D eigenvalue weighted by atomic mass is 10.1. The van der Waals surface area contributed by atoms with Gasteiger partial charge in [-0.2, -0.15) is 4.98 Å². The molecule has 0 unspecified atom stereocenters. The molecule has 2 aromatic rings. The van der Waals surface area contributed by atoms with Crippen LogP contribution in [0.25, 0.3) is 0 Å². The van der Waals surface area contributed by atoms with Gasteiger partial charge in [0.15, 0.2) is 5.82 Å². The summed E-state index contributed by atoms with van der Waals surface area (Å²) in [5.74, 6) is 0.0793. The standard InChI is InChI=1S/C16H19N3O5/c1-9(2)14-18-13(24-19-14)8-17-12-6-10(15(20)22-3)5-11(7-12)16(21)23-4/h5-7,9,17H,8H2,1-4H3. The summed E-state index contributed by atoms with van der Waals surface area (Å²) < 4.78 is 14.5. The van der Waals surface area contributed by atoms with Gasteiger partial charge in [-0.05, 0) is 18.2 Å². The van der Waals surface area contributed by atoms with Gasteiger partial charge < -0.3 is 19.3 Å². The fraction of sp³-hybridized carbons (Fsp3) is 0.375. The molecule has 24 heavy (non-hydrogen) atoms. The summed E-state index contributed by atoms with van der Waals surface area (Å²) in [7, 11) is 2.54. The van der Waals surface area contributed by atoms with Crippen LogP contribution in [-0.2, 0) is 16.0 Å². The van der Waals surface area contributed by atoms with E-state index in [9.17, 15) is 9.59 Å². The number of nitrogens with one attached hydrogen (secondary N) is 1. The van der Waals surface area contributed by atoms with Gasteiger partial charge in [-0.25, -0.2) is 9.59 Å². The number of benzene rings is 1. The van der Waals surface area contributed by atoms with Crippen molar-refractivity contribution >= 4 is 17.6 Å². The Morgan fingerprint density at radius 2 is 1.71 bits per heavy atom. The lowest BCUT2D eigenvalue weighted by molar-refractivity contribution is 0.0599. The van der Waals surface area contributed by atoms with Crippen LogP contribution in [0.15, 0.2) is 22.7 Å². The van der Waals surface area contributed by atoms with Gasteiger partial charge in [0.2, 0.25) is 5.89 Å². The van der Waals surface area contributed by atoms with Crippen molar-refractivity contribution in [2.45, 2.75) is 26.3 Å². The van der Waals surface area contributed by atoms with Crippen molar-refractivity contribution in [1.82, 2.24) is 10.1 Å². The summed E-state index contributed by atoms with van der Waals surface area (Å²) in [5, 5.41) is 6.91. The van der Waals surface area contributed by atoms with Crippen LogP contribution in [0.2, 0.25) is 0 Å². The monoisotopic (exact) mass is 333 g/mol. The zero-order chi connectivity index (χ0) is 17.7. The predicted octanol–water partition coefficient (Wildman–Crippen LogP) is 2.38. The maximum atomic E-state index is 11.7. The van der Waals surface area contributed by atoms with Crippen LogP contribution in [0, 0.1) is 0 Å². The number of rotatable bonds is 6. The Labute approximate surface area is 139 Å². The highest BCUT2D eigenvalue weighted by Gasteiger charge is 2.15. The number of hydrogen-bond acceptors (Lipinski definition) is 8. The average Bonchev–Trinajstić information content (AvgIpc) is 3.07. The number of anilines is 1. The molecule has 0 aliphatic rings. The molecule has 0 aliphatic carbocycles. The lowest BCUT2D eigenvalue weighted by Crippen LogP contribution is -2.09. The Morgan fingerprint density at radius 3 is 2.17 bits per heavy atom. The van der Waals surface area contributed by atoms with Crippen molar-refractivity contribution in [3.63, 3.8) is 0 Å². The van der Waals surface area contributed by atoms with Gasteiger partial charge >= 0.3 is 11.9 Å². The van der Waals surface area contributed by atoms with Crippen molar-refractivity contribution in [2.75, 3.05) is 19.5 Å². The molecule has 1 N–H and O–H groups in total. The number of carbonyl (C=O) groups is 2. The molecule has 128 valence electrons. The molecule has 0 aliphatic heterocycles. The fourth-order valence-electron chi connectivity index (χ4n) is 1.95. The molecule has 0 fully saturated rings. The predicted molar refractivity (Wildman–Crippen MR) is 84.8 cm³/mol. The quantitative estimate of drug-likeness (QED) is 0.804. The summed E-state index contributed by atoms with van der Waals surface area (Å²) in [6.07, 6.45) is 0. The first-order valence-electron chi connectivity index (χ1n) is 7.32. The molecule has 0 atom stereocenters. The summed E-state index contributed by atoms with van der Waals surface area (Å²) >= 11 is 0. The van der Waals surface area contributed by atoms with Gasteiger partial charge in [-0.15, -0.1) is 0 Å². The van der Waals surface area contributed by atoms with E-state index in [0.29, 0.717) is 17.4 Å². The third-order valence-electron chi connectivity index (χ3n) is 3.22. The zero-order valence-corrected chi connectivity index (χ0v) is 14.0. The molecule has 8 nitrogen and oxygen atoms in total. The average molecular weight is 333 g/mol. The van der Waals surface area contributed by atoms with Gasteiger partial charge in [0.25, 0.3) is 0 Å². The van der Waals surface area contributed by atoms with Crippen molar-refractivity contribution in [3.8, 4) is 0 Å². The van der Waals surface area contributed by atoms with E-state index in [1.807, 2.05) is 13.8 Å². The maximum absolute atomic E-state index is 11.7. The van der Waals surface area contributed by atoms with E-state index in [1.54, 1.807) is 12.1 Å². The van der Waals surface area contributed by atoms with E-state index in [1.165, 1.54) is 20.3 Å². The first-order valence-corrected chi connectivity index (χ1v) is 7.32. The number of methoxy groups -OCH3 is 2. The molecule has 2 rings (SSSR count). The van der Waals surface area contributed by atoms with E-state index >= 15 is 0 Å². The molecule has 0 amide bonds. The molecule has 0 bridgehead atoms. The minimum absolute atomic E-state index is 0.163. The van der Waals surface area contributed by atoms with Gasteiger partial charge in [-0.1, -0.05) is 19.0 Å². The van der Waals surface area contributed by atoms with E-state index in [2.05, 4.69) is 15.5 Å². The molecule has 8 heteroatoms. The van der Waals surface area contributed by atoms with Crippen LogP contribution in [0.5, 0.6) is 0 Å². The summed E-state index contributed by atoms with van der Waals surface area (Å²) in [6, 6.07) is 4.54. The Balaban J connectivity index is 2.21. The molecular weight excluding hydrogens is 314 g/mol. The second-order valence-corrected chi connectivity index (χ2v) is 5.34. The highest BCUT2D eigenvalue weighted by molar-refractivity contribution is 5.96. The number of esters is 2. The largest absolute Gasteiger partial charge is 0.465 e. The summed E-state index contributed by atoms with van der Waals surface area (Å²) in [5.41, 5.74) is 0.996. The first-order chi connectivity index (χ1) is 11.4. The molecule has 0 radical (unpaired) electrons. The van der Waals surface area contributed by atoms with Crippen LogP contribution < -0.4 is 5.32 Å². The fourth-order valence-corrected chi connectivity index (χ4v) is 1.95. The van der Waals surface area contributed by atoms with Crippen molar-refractivity contribution < 1.29 is 23.6 Å². The van der Waals surface area contributed by atoms with E-state index in [-0.39, 0.29) is 23.6 Å². The van der Waals surface area contributed by atoms with E-state index < -0.39 is 11.9 Å². The van der Waals surface area contributed by atoms with E-state index in [0.717, 1.165) is 0 Å². The number of ether oxygens (including phenoxy) is 2. The number of aromatic nitrogens is 2. The van der Waals surface area contributed by atoms with Gasteiger partial charge in [0, 0.05) is 11.6 Å². The molecule has 1 aromatic heterocycles. The second kappa shape index (κ2) is 7.58. The SMILES string of the molecule is COC(=O)c1cc(NCc2nc(C(C)C)no2)cc(C(=O)OC)c1. The molecule has 0 saturated heterocycles. The van der Waals surface area contributed by atoms with Crippen LogP contribution in [0.4, 0.5) is 5.69 Å². The topological polar surface area (TPSA) is 104 Å². The smallest absolute Gasteiger partial charge is 0.337 e. The maximum Gasteiger partial charge on any atom is 0.337 e. The van der Waals surface area contributed by atoms with Gasteiger partial charge in [-0.3, -0.25) is 0 Å². The normalized spacial score (nSPS) is 10.5. The lowest BCUT2D eigenvalue weighted by Gasteiger charge is -2.09. The van der Waals surface area contributed by atoms with E-state index in [4.69, 9.17) is 14.0 Å². The number of hydrogen-bond donors (Lipinski definition) is 1. The highest BCUT2D eigenvalue weighted by atomic mass is 16.5. The summed E-state index contributed by atoms with van der Waals surface area (Å²) in [6.45, 7) is 4.18. The minimum Gasteiger partial charge on any atom is -0.465 e. The molecular formula is C16H19N3O5. The molecule has 0 spiro atoms. The molecule has 0 saturated carbocycles.